The quantitative estimate of drug-likeness (QED) is 0.453. The molecule has 3 aromatic rings. The maximum atomic E-state index is 13.8. The molecule has 0 unspecified atom stereocenters. The van der Waals surface area contributed by atoms with E-state index in [0.29, 0.717) is 27.4 Å². The lowest BCUT2D eigenvalue weighted by Gasteiger charge is -2.37. The van der Waals surface area contributed by atoms with Gasteiger partial charge in [0.2, 0.25) is 0 Å². The zero-order valence-electron chi connectivity index (χ0n) is 21.1. The van der Waals surface area contributed by atoms with Crippen molar-refractivity contribution >= 4 is 41.0 Å². The first-order valence-corrected chi connectivity index (χ1v) is 13.0. The van der Waals surface area contributed by atoms with E-state index in [-0.39, 0.29) is 42.2 Å². The lowest BCUT2D eigenvalue weighted by molar-refractivity contribution is -0.142. The van der Waals surface area contributed by atoms with E-state index < -0.39 is 35.8 Å². The molecule has 9 nitrogen and oxygen atoms in total. The summed E-state index contributed by atoms with van der Waals surface area (Å²) in [5.41, 5.74) is 0.475. The summed E-state index contributed by atoms with van der Waals surface area (Å²) in [6.07, 6.45) is -3.32. The Morgan fingerprint density at radius 3 is 2.48 bits per heavy atom. The van der Waals surface area contributed by atoms with Crippen molar-refractivity contribution in [2.75, 3.05) is 6.54 Å². The van der Waals surface area contributed by atoms with Crippen LogP contribution in [0.15, 0.2) is 36.5 Å². The predicted octanol–water partition coefficient (Wildman–Crippen LogP) is 5.03. The Bertz CT molecular complexity index is 1530. The highest BCUT2D eigenvalue weighted by Gasteiger charge is 2.44. The fraction of sp³-hybridized carbons (Fsp3) is 0.346. The van der Waals surface area contributed by atoms with Gasteiger partial charge in [0.05, 0.1) is 34.9 Å². The first-order valence-electron chi connectivity index (χ1n) is 12.2. The van der Waals surface area contributed by atoms with Crippen LogP contribution in [0.5, 0.6) is 0 Å². The molecule has 2 aromatic heterocycles. The van der Waals surface area contributed by atoms with Crippen LogP contribution in [0.3, 0.4) is 0 Å². The number of carboxylic acid groups (broad SMARTS) is 1. The molecule has 0 fully saturated rings. The molecule has 1 aromatic carbocycles. The molecule has 1 N–H and O–H groups in total. The van der Waals surface area contributed by atoms with Crippen molar-refractivity contribution in [1.82, 2.24) is 24.6 Å². The number of benzene rings is 1. The van der Waals surface area contributed by atoms with Crippen LogP contribution in [-0.2, 0) is 23.9 Å². The van der Waals surface area contributed by atoms with Crippen molar-refractivity contribution in [1.29, 1.82) is 0 Å². The minimum absolute atomic E-state index is 0.00690. The topological polar surface area (TPSA) is 109 Å². The van der Waals surface area contributed by atoms with Gasteiger partial charge in [0.15, 0.2) is 6.04 Å². The lowest BCUT2D eigenvalue weighted by Crippen LogP contribution is -2.47. The highest BCUT2D eigenvalue weighted by atomic mass is 35.5. The summed E-state index contributed by atoms with van der Waals surface area (Å²) in [7, 11) is 0. The molecule has 14 heteroatoms. The van der Waals surface area contributed by atoms with Crippen molar-refractivity contribution in [2.45, 2.75) is 51.1 Å². The van der Waals surface area contributed by atoms with E-state index in [2.05, 4.69) is 10.1 Å². The van der Waals surface area contributed by atoms with E-state index in [9.17, 15) is 32.7 Å². The number of halogens is 5. The summed E-state index contributed by atoms with van der Waals surface area (Å²) in [4.78, 5) is 45.8. The number of carbonyl (C=O) groups excluding carboxylic acids is 2. The largest absolute Gasteiger partial charge is 0.480 e. The number of aliphatic carboxylic acids is 1. The molecule has 0 radical (unpaired) electrons. The normalized spacial score (nSPS) is 19.7. The van der Waals surface area contributed by atoms with Crippen LogP contribution in [-0.4, -0.2) is 60.0 Å². The van der Waals surface area contributed by atoms with E-state index in [4.69, 9.17) is 23.2 Å². The smallest absolute Gasteiger partial charge is 0.433 e. The van der Waals surface area contributed by atoms with Gasteiger partial charge in [0.25, 0.3) is 11.8 Å². The lowest BCUT2D eigenvalue weighted by atomic mass is 9.96. The number of amides is 2. The van der Waals surface area contributed by atoms with Gasteiger partial charge in [-0.05, 0) is 43.7 Å². The molecule has 0 aliphatic carbocycles. The number of aromatic nitrogens is 3. The Kier molecular flexibility index (Phi) is 7.03. The van der Waals surface area contributed by atoms with Crippen molar-refractivity contribution < 1.29 is 32.7 Å². The first kappa shape index (κ1) is 27.9. The third-order valence-electron chi connectivity index (χ3n) is 7.31. The molecule has 0 saturated heterocycles. The molecule has 2 aliphatic rings. The van der Waals surface area contributed by atoms with Crippen molar-refractivity contribution in [2.24, 2.45) is 0 Å². The van der Waals surface area contributed by atoms with Gasteiger partial charge in [-0.3, -0.25) is 14.6 Å². The molecular formula is C26H22Cl2F3N5O4. The second-order valence-electron chi connectivity index (χ2n) is 9.80. The highest BCUT2D eigenvalue weighted by Crippen LogP contribution is 2.36. The average molecular weight is 596 g/mol. The van der Waals surface area contributed by atoms with Gasteiger partial charge in [-0.2, -0.15) is 18.3 Å². The van der Waals surface area contributed by atoms with Gasteiger partial charge in [0.1, 0.15) is 11.4 Å². The van der Waals surface area contributed by atoms with E-state index in [1.807, 2.05) is 6.92 Å². The van der Waals surface area contributed by atoms with Crippen LogP contribution in [0.1, 0.15) is 69.3 Å². The van der Waals surface area contributed by atoms with Gasteiger partial charge in [0, 0.05) is 29.8 Å². The van der Waals surface area contributed by atoms with E-state index in [1.54, 1.807) is 17.9 Å². The van der Waals surface area contributed by atoms with Gasteiger partial charge in [-0.15, -0.1) is 0 Å². The maximum absolute atomic E-state index is 13.8. The summed E-state index contributed by atoms with van der Waals surface area (Å²) in [6.45, 7) is 3.14. The number of rotatable bonds is 4. The number of nitrogens with zero attached hydrogens (tertiary/aromatic N) is 5. The van der Waals surface area contributed by atoms with Crippen LogP contribution in [0.25, 0.3) is 0 Å². The standard InChI is InChI=1S/C26H22Cl2F3N5O4/c1-12-7-19-16(10-34(12)23(37)14-3-5-17(27)18(28)8-14)22-24(38)35(11-20(25(39)40)36(22)33-19)13(2)15-4-6-21(32-9-15)26(29,30)31/h3-6,8-9,12-13,20H,7,10-11H2,1-2H3,(H,39,40)/t12-,13+,20+/m1/s1. The summed E-state index contributed by atoms with van der Waals surface area (Å²) >= 11 is 12.1. The Morgan fingerprint density at radius 2 is 1.88 bits per heavy atom. The molecule has 2 aliphatic heterocycles. The molecule has 0 bridgehead atoms. The predicted molar refractivity (Wildman–Crippen MR) is 137 cm³/mol. The Labute approximate surface area is 236 Å². The average Bonchev–Trinajstić information content (AvgIpc) is 3.27. The summed E-state index contributed by atoms with van der Waals surface area (Å²) in [5.74, 6) is -2.13. The molecular weight excluding hydrogens is 574 g/mol. The van der Waals surface area contributed by atoms with Crippen LogP contribution < -0.4 is 0 Å². The Morgan fingerprint density at radius 1 is 1.15 bits per heavy atom. The van der Waals surface area contributed by atoms with Crippen LogP contribution in [0, 0.1) is 0 Å². The van der Waals surface area contributed by atoms with E-state index >= 15 is 0 Å². The number of alkyl halides is 3. The minimum atomic E-state index is -4.62. The zero-order chi connectivity index (χ0) is 29.1. The molecule has 2 amide bonds. The van der Waals surface area contributed by atoms with Crippen molar-refractivity contribution in [3.8, 4) is 0 Å². The van der Waals surface area contributed by atoms with Crippen LogP contribution in [0.4, 0.5) is 13.2 Å². The number of hydrogen-bond donors (Lipinski definition) is 1. The maximum Gasteiger partial charge on any atom is 0.433 e. The minimum Gasteiger partial charge on any atom is -0.480 e. The molecule has 5 rings (SSSR count). The summed E-state index contributed by atoms with van der Waals surface area (Å²) < 4.78 is 40.1. The number of carbonyl (C=O) groups is 3. The SMILES string of the molecule is C[C@@H]1Cc2nn3c(c2CN1C(=O)c1ccc(Cl)c(Cl)c1)C(=O)N([C@@H](C)c1ccc(C(F)(F)F)nc1)C[C@H]3C(=O)O. The van der Waals surface area contributed by atoms with E-state index in [0.717, 1.165) is 12.3 Å². The van der Waals surface area contributed by atoms with Gasteiger partial charge in [-0.25, -0.2) is 9.48 Å². The fourth-order valence-corrected chi connectivity index (χ4v) is 5.38. The fourth-order valence-electron chi connectivity index (χ4n) is 5.08. The van der Waals surface area contributed by atoms with Gasteiger partial charge < -0.3 is 14.9 Å². The molecule has 4 heterocycles. The molecule has 210 valence electrons. The van der Waals surface area contributed by atoms with Crippen molar-refractivity contribution in [3.63, 3.8) is 0 Å². The van der Waals surface area contributed by atoms with Gasteiger partial charge >= 0.3 is 12.1 Å². The number of pyridine rings is 1. The van der Waals surface area contributed by atoms with E-state index in [1.165, 1.54) is 27.8 Å². The molecule has 0 saturated carbocycles. The first-order chi connectivity index (χ1) is 18.8. The molecule has 3 atom stereocenters. The highest BCUT2D eigenvalue weighted by molar-refractivity contribution is 6.42. The number of carboxylic acids is 1. The van der Waals surface area contributed by atoms with Crippen LogP contribution >= 0.6 is 23.2 Å². The van der Waals surface area contributed by atoms with Crippen molar-refractivity contribution in [3.05, 3.63) is 80.3 Å². The zero-order valence-corrected chi connectivity index (χ0v) is 22.6. The number of fused-ring (bicyclic) bond motifs is 3. The Balaban J connectivity index is 1.50. The third kappa shape index (κ3) is 4.79. The second kappa shape index (κ2) is 10.1. The Hall–Kier alpha value is -3.64. The third-order valence-corrected chi connectivity index (χ3v) is 8.05. The summed E-state index contributed by atoms with van der Waals surface area (Å²) in [5, 5.41) is 15.0. The monoisotopic (exact) mass is 595 g/mol. The number of hydrogen-bond acceptors (Lipinski definition) is 5. The van der Waals surface area contributed by atoms with Gasteiger partial charge in [-0.1, -0.05) is 29.3 Å². The molecule has 0 spiro atoms. The summed E-state index contributed by atoms with van der Waals surface area (Å²) in [6, 6.07) is 4.18. The van der Waals surface area contributed by atoms with Crippen LogP contribution in [0.2, 0.25) is 10.0 Å². The second-order valence-corrected chi connectivity index (χ2v) is 10.6. The molecule has 40 heavy (non-hydrogen) atoms.